The second kappa shape index (κ2) is 4.50. The Balaban J connectivity index is 1.81. The quantitative estimate of drug-likeness (QED) is 0.823. The van der Waals surface area contributed by atoms with Gasteiger partial charge in [0.15, 0.2) is 0 Å². The van der Waals surface area contributed by atoms with Gasteiger partial charge in [-0.25, -0.2) is 0 Å². The van der Waals surface area contributed by atoms with Crippen LogP contribution in [0.15, 0.2) is 43.0 Å². The summed E-state index contributed by atoms with van der Waals surface area (Å²) >= 11 is 0. The van der Waals surface area contributed by atoms with Crippen molar-refractivity contribution >= 4 is 11.4 Å². The molecule has 0 bridgehead atoms. The molecule has 4 aliphatic heterocycles. The lowest BCUT2D eigenvalue weighted by molar-refractivity contribution is 0.0502. The first kappa shape index (κ1) is 14.3. The third kappa shape index (κ3) is 1.38. The number of rotatable bonds is 2. The molecule has 0 spiro atoms. The minimum atomic E-state index is 0.237. The molecule has 0 saturated carbocycles. The van der Waals surface area contributed by atoms with Gasteiger partial charge in [-0.1, -0.05) is 19.9 Å². The highest BCUT2D eigenvalue weighted by atomic mass is 15.4. The summed E-state index contributed by atoms with van der Waals surface area (Å²) in [5, 5.41) is 0. The van der Waals surface area contributed by atoms with Crippen molar-refractivity contribution in [1.29, 1.82) is 0 Å². The van der Waals surface area contributed by atoms with E-state index in [9.17, 15) is 0 Å². The van der Waals surface area contributed by atoms with Gasteiger partial charge in [0.2, 0.25) is 0 Å². The van der Waals surface area contributed by atoms with Gasteiger partial charge in [-0.2, -0.15) is 0 Å². The van der Waals surface area contributed by atoms with Gasteiger partial charge in [0, 0.05) is 67.2 Å². The van der Waals surface area contributed by atoms with Gasteiger partial charge >= 0.3 is 0 Å². The van der Waals surface area contributed by atoms with E-state index in [4.69, 9.17) is 0 Å². The summed E-state index contributed by atoms with van der Waals surface area (Å²) < 4.78 is 0. The van der Waals surface area contributed by atoms with Crippen LogP contribution in [-0.2, 0) is 0 Å². The fraction of sp³-hybridized carbons (Fsp3) is 0.500. The number of fused-ring (bicyclic) bond motifs is 5. The smallest absolute Gasteiger partial charge is 0.113 e. The Kier molecular flexibility index (Phi) is 2.67. The Labute approximate surface area is 144 Å². The Morgan fingerprint density at radius 2 is 1.50 bits per heavy atom. The number of likely N-dealkylation sites (N-methyl/N-ethyl adjacent to an activating group) is 1. The van der Waals surface area contributed by atoms with Crippen molar-refractivity contribution < 1.29 is 0 Å². The Morgan fingerprint density at radius 3 is 2.21 bits per heavy atom. The van der Waals surface area contributed by atoms with Crippen LogP contribution >= 0.6 is 0 Å². The molecule has 1 aromatic carbocycles. The third-order valence-corrected chi connectivity index (χ3v) is 6.95. The van der Waals surface area contributed by atoms with Crippen LogP contribution in [0, 0.1) is 5.41 Å². The van der Waals surface area contributed by atoms with Crippen molar-refractivity contribution in [2.24, 2.45) is 5.41 Å². The molecule has 4 heteroatoms. The highest BCUT2D eigenvalue weighted by molar-refractivity contribution is 5.78. The van der Waals surface area contributed by atoms with Crippen LogP contribution in [0.1, 0.15) is 38.2 Å². The molecule has 0 amide bonds. The van der Waals surface area contributed by atoms with Crippen molar-refractivity contribution in [3.05, 3.63) is 48.6 Å². The Bertz CT molecular complexity index is 748. The van der Waals surface area contributed by atoms with E-state index in [2.05, 4.69) is 90.5 Å². The maximum absolute atomic E-state index is 2.52. The van der Waals surface area contributed by atoms with E-state index >= 15 is 0 Å². The maximum Gasteiger partial charge on any atom is 0.113 e. The molecule has 3 unspecified atom stereocenters. The van der Waals surface area contributed by atoms with Crippen LogP contribution in [0.25, 0.3) is 0 Å². The van der Waals surface area contributed by atoms with E-state index in [0.29, 0.717) is 18.2 Å². The first-order valence-electron chi connectivity index (χ1n) is 9.14. The Morgan fingerprint density at radius 1 is 0.875 bits per heavy atom. The van der Waals surface area contributed by atoms with Gasteiger partial charge in [-0.15, -0.1) is 0 Å². The molecule has 24 heavy (non-hydrogen) atoms. The van der Waals surface area contributed by atoms with Gasteiger partial charge in [0.1, 0.15) is 12.3 Å². The largest absolute Gasteiger partial charge is 0.358 e. The topological polar surface area (TPSA) is 13.0 Å². The van der Waals surface area contributed by atoms with Crippen molar-refractivity contribution in [1.82, 2.24) is 9.80 Å². The minimum absolute atomic E-state index is 0.237. The van der Waals surface area contributed by atoms with Crippen molar-refractivity contribution in [3.8, 4) is 0 Å². The normalized spacial score (nSPS) is 30.9. The van der Waals surface area contributed by atoms with Crippen LogP contribution in [0.2, 0.25) is 0 Å². The summed E-state index contributed by atoms with van der Waals surface area (Å²) in [5.74, 6) is 0.530. The van der Waals surface area contributed by atoms with Crippen LogP contribution in [0.4, 0.5) is 11.4 Å². The van der Waals surface area contributed by atoms with Crippen molar-refractivity contribution in [3.63, 3.8) is 0 Å². The zero-order valence-electron chi connectivity index (χ0n) is 15.0. The van der Waals surface area contributed by atoms with E-state index in [-0.39, 0.29) is 5.41 Å². The highest BCUT2D eigenvalue weighted by Crippen LogP contribution is 2.63. The summed E-state index contributed by atoms with van der Waals surface area (Å²) in [5.41, 5.74) is 4.59. The molecule has 126 valence electrons. The Hall–Kier alpha value is -2.10. The predicted octanol–water partition coefficient (Wildman–Crippen LogP) is 3.70. The van der Waals surface area contributed by atoms with E-state index in [1.807, 2.05) is 0 Å². The molecule has 0 N–H and O–H groups in total. The molecule has 0 aliphatic carbocycles. The lowest BCUT2D eigenvalue weighted by atomic mass is 9.62. The standard InChI is InChI=1S/C20H26N4/c1-5-20(6-2)17-16-14(23-12-10-21(3)18(17)23)8-7-9-15(16)24-13-11-22(4)19(20)24/h7-13,17-19H,5-6H2,1-4H3. The molecule has 0 radical (unpaired) electrons. The molecule has 0 saturated heterocycles. The lowest BCUT2D eigenvalue weighted by Gasteiger charge is -2.55. The molecule has 1 aromatic rings. The van der Waals surface area contributed by atoms with Crippen molar-refractivity contribution in [2.75, 3.05) is 23.9 Å². The first-order chi connectivity index (χ1) is 11.6. The lowest BCUT2D eigenvalue weighted by Crippen LogP contribution is -2.59. The fourth-order valence-electron chi connectivity index (χ4n) is 5.86. The molecule has 4 aliphatic rings. The highest BCUT2D eigenvalue weighted by Gasteiger charge is 2.61. The number of nitrogens with zero attached hydrogens (tertiary/aromatic N) is 4. The number of hydrogen-bond acceptors (Lipinski definition) is 4. The molecule has 5 rings (SSSR count). The van der Waals surface area contributed by atoms with E-state index < -0.39 is 0 Å². The second-order valence-corrected chi connectivity index (χ2v) is 7.66. The fourth-order valence-corrected chi connectivity index (χ4v) is 5.86. The molecule has 0 fully saturated rings. The number of benzene rings is 1. The summed E-state index contributed by atoms with van der Waals surface area (Å²) in [4.78, 5) is 9.85. The van der Waals surface area contributed by atoms with Gasteiger partial charge in [-0.05, 0) is 25.0 Å². The van der Waals surface area contributed by atoms with Crippen LogP contribution in [0.5, 0.6) is 0 Å². The monoisotopic (exact) mass is 322 g/mol. The van der Waals surface area contributed by atoms with Gasteiger partial charge in [0.25, 0.3) is 0 Å². The van der Waals surface area contributed by atoms with E-state index in [1.165, 1.54) is 24.2 Å². The molecule has 4 heterocycles. The van der Waals surface area contributed by atoms with Gasteiger partial charge in [-0.3, -0.25) is 0 Å². The zero-order chi connectivity index (χ0) is 16.6. The zero-order valence-corrected chi connectivity index (χ0v) is 15.0. The summed E-state index contributed by atoms with van der Waals surface area (Å²) in [6.45, 7) is 4.76. The minimum Gasteiger partial charge on any atom is -0.358 e. The number of hydrogen-bond donors (Lipinski definition) is 0. The maximum atomic E-state index is 2.52. The summed E-state index contributed by atoms with van der Waals surface area (Å²) in [7, 11) is 4.46. The second-order valence-electron chi connectivity index (χ2n) is 7.66. The van der Waals surface area contributed by atoms with Gasteiger partial charge < -0.3 is 19.6 Å². The summed E-state index contributed by atoms with van der Waals surface area (Å²) in [6, 6.07) is 6.83. The third-order valence-electron chi connectivity index (χ3n) is 6.95. The van der Waals surface area contributed by atoms with Gasteiger partial charge in [0.05, 0.1) is 0 Å². The van der Waals surface area contributed by atoms with Crippen LogP contribution in [0.3, 0.4) is 0 Å². The van der Waals surface area contributed by atoms with E-state index in [0.717, 1.165) is 0 Å². The van der Waals surface area contributed by atoms with Crippen LogP contribution < -0.4 is 9.80 Å². The predicted molar refractivity (Wildman–Crippen MR) is 98.5 cm³/mol. The van der Waals surface area contributed by atoms with Crippen LogP contribution in [-0.4, -0.2) is 36.2 Å². The molecular formula is C20H26N4. The molecule has 0 aromatic heterocycles. The number of anilines is 2. The molecule has 3 atom stereocenters. The molecule has 4 nitrogen and oxygen atoms in total. The molecular weight excluding hydrogens is 296 g/mol. The first-order valence-corrected chi connectivity index (χ1v) is 9.14. The van der Waals surface area contributed by atoms with Crippen molar-refractivity contribution in [2.45, 2.75) is 44.9 Å². The average Bonchev–Trinajstić information content (AvgIpc) is 3.26. The summed E-state index contributed by atoms with van der Waals surface area (Å²) in [6.07, 6.45) is 12.2. The SMILES string of the molecule is CCC1(CC)C2c3c(cccc3N3C=CN(C)C31)N1C=CN(C)C21. The average molecular weight is 322 g/mol. The van der Waals surface area contributed by atoms with E-state index in [1.54, 1.807) is 5.56 Å².